The van der Waals surface area contributed by atoms with E-state index in [0.29, 0.717) is 0 Å². The zero-order valence-corrected chi connectivity index (χ0v) is 8.36. The summed E-state index contributed by atoms with van der Waals surface area (Å²) in [5, 5.41) is 7.33. The van der Waals surface area contributed by atoms with Crippen molar-refractivity contribution >= 4 is 5.82 Å². The zero-order chi connectivity index (χ0) is 9.97. The second kappa shape index (κ2) is 3.54. The zero-order valence-electron chi connectivity index (χ0n) is 8.36. The molecule has 1 aromatic carbocycles. The molecule has 72 valence electrons. The quantitative estimate of drug-likeness (QED) is 0.781. The van der Waals surface area contributed by atoms with Crippen LogP contribution < -0.4 is 5.32 Å². The van der Waals surface area contributed by atoms with E-state index in [-0.39, 0.29) is 0 Å². The molecule has 0 aliphatic carbocycles. The summed E-state index contributed by atoms with van der Waals surface area (Å²) in [5.74, 6) is 0.880. The Morgan fingerprint density at radius 3 is 2.43 bits per heavy atom. The third kappa shape index (κ3) is 1.62. The highest BCUT2D eigenvalue weighted by Crippen LogP contribution is 2.10. The SMILES string of the molecule is CNc1ccn(-c2ccc(C)cc2)n1. The summed E-state index contributed by atoms with van der Waals surface area (Å²) in [6.45, 7) is 2.08. The molecule has 0 saturated carbocycles. The van der Waals surface area contributed by atoms with E-state index in [0.717, 1.165) is 11.5 Å². The van der Waals surface area contributed by atoms with Crippen molar-refractivity contribution in [2.45, 2.75) is 6.92 Å². The average Bonchev–Trinajstić information content (AvgIpc) is 2.67. The number of nitrogens with one attached hydrogen (secondary N) is 1. The minimum Gasteiger partial charge on any atom is -0.372 e. The van der Waals surface area contributed by atoms with Crippen molar-refractivity contribution in [1.29, 1.82) is 0 Å². The molecular weight excluding hydrogens is 174 g/mol. The van der Waals surface area contributed by atoms with Gasteiger partial charge in [0.1, 0.15) is 5.82 Å². The molecule has 1 N–H and O–H groups in total. The van der Waals surface area contributed by atoms with Crippen LogP contribution >= 0.6 is 0 Å². The summed E-state index contributed by atoms with van der Waals surface area (Å²) in [6, 6.07) is 10.2. The molecule has 3 nitrogen and oxygen atoms in total. The maximum Gasteiger partial charge on any atom is 0.148 e. The highest BCUT2D eigenvalue weighted by Gasteiger charge is 1.98. The molecule has 0 bridgehead atoms. The average molecular weight is 187 g/mol. The van der Waals surface area contributed by atoms with Crippen molar-refractivity contribution in [3.63, 3.8) is 0 Å². The van der Waals surface area contributed by atoms with Crippen molar-refractivity contribution in [2.24, 2.45) is 0 Å². The van der Waals surface area contributed by atoms with Crippen molar-refractivity contribution in [3.05, 3.63) is 42.1 Å². The van der Waals surface area contributed by atoms with Crippen LogP contribution in [0.15, 0.2) is 36.5 Å². The van der Waals surface area contributed by atoms with Gasteiger partial charge < -0.3 is 5.32 Å². The number of hydrogen-bond donors (Lipinski definition) is 1. The lowest BCUT2D eigenvalue weighted by Gasteiger charge is -2.01. The van der Waals surface area contributed by atoms with Gasteiger partial charge in [-0.1, -0.05) is 17.7 Å². The Kier molecular flexibility index (Phi) is 2.23. The van der Waals surface area contributed by atoms with Gasteiger partial charge in [-0.05, 0) is 19.1 Å². The smallest absolute Gasteiger partial charge is 0.148 e. The normalized spacial score (nSPS) is 10.1. The predicted octanol–water partition coefficient (Wildman–Crippen LogP) is 2.22. The molecule has 0 aliphatic rings. The summed E-state index contributed by atoms with van der Waals surface area (Å²) in [5.41, 5.74) is 2.34. The maximum absolute atomic E-state index is 4.33. The largest absolute Gasteiger partial charge is 0.372 e. The third-order valence-corrected chi connectivity index (χ3v) is 2.14. The van der Waals surface area contributed by atoms with E-state index in [1.165, 1.54) is 5.56 Å². The lowest BCUT2D eigenvalue weighted by Crippen LogP contribution is -1.96. The van der Waals surface area contributed by atoms with Gasteiger partial charge in [0.25, 0.3) is 0 Å². The van der Waals surface area contributed by atoms with E-state index in [4.69, 9.17) is 0 Å². The van der Waals surface area contributed by atoms with E-state index in [1.54, 1.807) is 0 Å². The van der Waals surface area contributed by atoms with Crippen LogP contribution in [0, 0.1) is 6.92 Å². The molecule has 0 unspecified atom stereocenters. The molecule has 1 heterocycles. The number of aromatic nitrogens is 2. The first kappa shape index (κ1) is 8.81. The molecule has 0 atom stereocenters. The van der Waals surface area contributed by atoms with Crippen LogP contribution in [0.5, 0.6) is 0 Å². The summed E-state index contributed by atoms with van der Waals surface area (Å²) >= 11 is 0. The molecule has 0 fully saturated rings. The number of aryl methyl sites for hydroxylation is 1. The lowest BCUT2D eigenvalue weighted by molar-refractivity contribution is 0.882. The monoisotopic (exact) mass is 187 g/mol. The Bertz CT molecular complexity index is 414. The van der Waals surface area contributed by atoms with Gasteiger partial charge >= 0.3 is 0 Å². The van der Waals surface area contributed by atoms with E-state index in [9.17, 15) is 0 Å². The second-order valence-electron chi connectivity index (χ2n) is 3.23. The fourth-order valence-corrected chi connectivity index (χ4v) is 1.30. The number of anilines is 1. The molecule has 0 saturated heterocycles. The highest BCUT2D eigenvalue weighted by molar-refractivity contribution is 5.38. The Labute approximate surface area is 83.4 Å². The van der Waals surface area contributed by atoms with E-state index in [2.05, 4.69) is 41.6 Å². The molecule has 0 amide bonds. The minimum atomic E-state index is 0.880. The van der Waals surface area contributed by atoms with Crippen molar-refractivity contribution in [1.82, 2.24) is 9.78 Å². The minimum absolute atomic E-state index is 0.880. The van der Waals surface area contributed by atoms with Gasteiger partial charge in [-0.25, -0.2) is 4.68 Å². The highest BCUT2D eigenvalue weighted by atomic mass is 15.3. The second-order valence-corrected chi connectivity index (χ2v) is 3.23. The van der Waals surface area contributed by atoms with Gasteiger partial charge in [0.2, 0.25) is 0 Å². The topological polar surface area (TPSA) is 29.9 Å². The Hall–Kier alpha value is -1.77. The van der Waals surface area contributed by atoms with Gasteiger partial charge in [0, 0.05) is 19.3 Å². The van der Waals surface area contributed by atoms with Gasteiger partial charge in [0.15, 0.2) is 0 Å². The molecule has 2 rings (SSSR count). The van der Waals surface area contributed by atoms with Crippen LogP contribution in [-0.4, -0.2) is 16.8 Å². The predicted molar refractivity (Wildman–Crippen MR) is 57.8 cm³/mol. The fraction of sp³-hybridized carbons (Fsp3) is 0.182. The number of nitrogens with zero attached hydrogens (tertiary/aromatic N) is 2. The van der Waals surface area contributed by atoms with Crippen LogP contribution in [0.3, 0.4) is 0 Å². The fourth-order valence-electron chi connectivity index (χ4n) is 1.30. The summed E-state index contributed by atoms with van der Waals surface area (Å²) < 4.78 is 1.85. The first-order chi connectivity index (χ1) is 6.79. The Morgan fingerprint density at radius 2 is 1.86 bits per heavy atom. The van der Waals surface area contributed by atoms with E-state index < -0.39 is 0 Å². The van der Waals surface area contributed by atoms with Gasteiger partial charge in [-0.15, -0.1) is 0 Å². The molecule has 0 spiro atoms. The van der Waals surface area contributed by atoms with Crippen molar-refractivity contribution in [3.8, 4) is 5.69 Å². The maximum atomic E-state index is 4.33. The lowest BCUT2D eigenvalue weighted by atomic mass is 10.2. The summed E-state index contributed by atoms with van der Waals surface area (Å²) in [7, 11) is 1.86. The molecule has 1 aromatic heterocycles. The van der Waals surface area contributed by atoms with Crippen LogP contribution in [0.1, 0.15) is 5.56 Å². The van der Waals surface area contributed by atoms with Crippen LogP contribution in [-0.2, 0) is 0 Å². The standard InChI is InChI=1S/C11H13N3/c1-9-3-5-10(6-4-9)14-8-7-11(12-2)13-14/h3-8H,1-2H3,(H,12,13). The van der Waals surface area contributed by atoms with Crippen molar-refractivity contribution in [2.75, 3.05) is 12.4 Å². The van der Waals surface area contributed by atoms with Crippen LogP contribution in [0.25, 0.3) is 5.69 Å². The van der Waals surface area contributed by atoms with Gasteiger partial charge in [-0.2, -0.15) is 5.10 Å². The number of rotatable bonds is 2. The van der Waals surface area contributed by atoms with Crippen LogP contribution in [0.2, 0.25) is 0 Å². The van der Waals surface area contributed by atoms with Crippen LogP contribution in [0.4, 0.5) is 5.82 Å². The van der Waals surface area contributed by atoms with Gasteiger partial charge in [-0.3, -0.25) is 0 Å². The summed E-state index contributed by atoms with van der Waals surface area (Å²) in [6.07, 6.45) is 1.94. The molecule has 14 heavy (non-hydrogen) atoms. The van der Waals surface area contributed by atoms with Crippen molar-refractivity contribution < 1.29 is 0 Å². The Balaban J connectivity index is 2.34. The first-order valence-electron chi connectivity index (χ1n) is 4.60. The first-order valence-corrected chi connectivity index (χ1v) is 4.60. The number of benzene rings is 1. The van der Waals surface area contributed by atoms with E-state index >= 15 is 0 Å². The summed E-state index contributed by atoms with van der Waals surface area (Å²) in [4.78, 5) is 0. The molecular formula is C11H13N3. The molecule has 2 aromatic rings. The number of hydrogen-bond acceptors (Lipinski definition) is 2. The molecule has 0 aliphatic heterocycles. The molecule has 3 heteroatoms. The van der Waals surface area contributed by atoms with E-state index in [1.807, 2.05) is 24.0 Å². The Morgan fingerprint density at radius 1 is 1.14 bits per heavy atom. The molecule has 0 radical (unpaired) electrons. The van der Waals surface area contributed by atoms with Gasteiger partial charge in [0.05, 0.1) is 5.69 Å². The third-order valence-electron chi connectivity index (χ3n) is 2.14.